The van der Waals surface area contributed by atoms with Gasteiger partial charge in [0.15, 0.2) is 0 Å². The first-order valence-corrected chi connectivity index (χ1v) is 12.9. The molecule has 2 N–H and O–H groups in total. The molecule has 0 aromatic heterocycles. The Hall–Kier alpha value is -0.810. The number of rotatable bonds is 22. The SMILES string of the molecule is CCCCCCCCCCCCCCCCCCN(C)CC(CO)OC(=O)NCC. The van der Waals surface area contributed by atoms with E-state index in [1.54, 1.807) is 0 Å². The number of likely N-dealkylation sites (N-methyl/N-ethyl adjacent to an activating group) is 1. The van der Waals surface area contributed by atoms with Gasteiger partial charge in [0.25, 0.3) is 0 Å². The Kier molecular flexibility index (Phi) is 22.2. The van der Waals surface area contributed by atoms with Gasteiger partial charge < -0.3 is 20.1 Å². The summed E-state index contributed by atoms with van der Waals surface area (Å²) in [5.41, 5.74) is 0. The average molecular weight is 429 g/mol. The Morgan fingerprint density at radius 1 is 0.800 bits per heavy atom. The number of nitrogens with one attached hydrogen (secondary N) is 1. The predicted molar refractivity (Wildman–Crippen MR) is 128 cm³/mol. The Morgan fingerprint density at radius 2 is 1.23 bits per heavy atom. The smallest absolute Gasteiger partial charge is 0.407 e. The number of alkyl carbamates (subject to hydrolysis) is 1. The van der Waals surface area contributed by atoms with Crippen LogP contribution in [0.3, 0.4) is 0 Å². The summed E-state index contributed by atoms with van der Waals surface area (Å²) in [7, 11) is 2.02. The number of nitrogens with zero attached hydrogens (tertiary/aromatic N) is 1. The van der Waals surface area contributed by atoms with E-state index in [1.165, 1.54) is 96.3 Å². The van der Waals surface area contributed by atoms with Crippen molar-refractivity contribution in [3.8, 4) is 0 Å². The normalized spacial score (nSPS) is 12.3. The highest BCUT2D eigenvalue weighted by Gasteiger charge is 2.15. The molecule has 30 heavy (non-hydrogen) atoms. The van der Waals surface area contributed by atoms with Gasteiger partial charge in [0.1, 0.15) is 6.10 Å². The molecule has 1 amide bonds. The van der Waals surface area contributed by atoms with Gasteiger partial charge in [-0.1, -0.05) is 103 Å². The molecule has 5 heteroatoms. The largest absolute Gasteiger partial charge is 0.442 e. The fraction of sp³-hybridized carbons (Fsp3) is 0.960. The summed E-state index contributed by atoms with van der Waals surface area (Å²) in [5, 5.41) is 12.0. The van der Waals surface area contributed by atoms with Gasteiger partial charge in [-0.25, -0.2) is 4.79 Å². The molecule has 0 saturated heterocycles. The first-order chi connectivity index (χ1) is 14.6. The highest BCUT2D eigenvalue weighted by atomic mass is 16.6. The van der Waals surface area contributed by atoms with Crippen molar-refractivity contribution < 1.29 is 14.6 Å². The molecule has 0 rings (SSSR count). The fourth-order valence-electron chi connectivity index (χ4n) is 3.84. The molecule has 0 spiro atoms. The zero-order chi connectivity index (χ0) is 22.3. The topological polar surface area (TPSA) is 61.8 Å². The zero-order valence-electron chi connectivity index (χ0n) is 20.4. The number of amides is 1. The summed E-state index contributed by atoms with van der Waals surface area (Å²) in [6.07, 6.45) is 21.1. The number of aliphatic hydroxyl groups excluding tert-OH is 1. The van der Waals surface area contributed by atoms with Crippen LogP contribution in [-0.2, 0) is 4.74 Å². The third-order valence-electron chi connectivity index (χ3n) is 5.71. The summed E-state index contributed by atoms with van der Waals surface area (Å²) in [6, 6.07) is 0. The number of hydrogen-bond acceptors (Lipinski definition) is 4. The van der Waals surface area contributed by atoms with E-state index in [2.05, 4.69) is 17.1 Å². The molecule has 0 aromatic carbocycles. The molecule has 0 saturated carbocycles. The molecule has 0 aliphatic heterocycles. The van der Waals surface area contributed by atoms with Crippen LogP contribution in [0.25, 0.3) is 0 Å². The van der Waals surface area contributed by atoms with Crippen LogP contribution in [0, 0.1) is 0 Å². The second-order valence-electron chi connectivity index (χ2n) is 8.81. The number of ether oxygens (including phenoxy) is 1. The molecular weight excluding hydrogens is 376 g/mol. The fourth-order valence-corrected chi connectivity index (χ4v) is 3.84. The zero-order valence-corrected chi connectivity index (χ0v) is 20.4. The van der Waals surface area contributed by atoms with E-state index >= 15 is 0 Å². The average Bonchev–Trinajstić information content (AvgIpc) is 2.73. The van der Waals surface area contributed by atoms with Gasteiger partial charge in [0, 0.05) is 13.1 Å². The second-order valence-corrected chi connectivity index (χ2v) is 8.81. The minimum absolute atomic E-state index is 0.138. The molecule has 0 aromatic rings. The van der Waals surface area contributed by atoms with Crippen LogP contribution in [0.5, 0.6) is 0 Å². The summed E-state index contributed by atoms with van der Waals surface area (Å²) in [6.45, 7) is 6.08. The minimum Gasteiger partial charge on any atom is -0.442 e. The molecule has 1 atom stereocenters. The molecule has 180 valence electrons. The molecule has 0 fully saturated rings. The van der Waals surface area contributed by atoms with Gasteiger partial charge in [-0.15, -0.1) is 0 Å². The van der Waals surface area contributed by atoms with Crippen molar-refractivity contribution in [2.24, 2.45) is 0 Å². The molecule has 0 aliphatic carbocycles. The highest BCUT2D eigenvalue weighted by Crippen LogP contribution is 2.13. The maximum Gasteiger partial charge on any atom is 0.407 e. The Labute approximate surface area is 187 Å². The lowest BCUT2D eigenvalue weighted by molar-refractivity contribution is 0.0387. The van der Waals surface area contributed by atoms with Crippen molar-refractivity contribution in [2.75, 3.05) is 33.3 Å². The van der Waals surface area contributed by atoms with Crippen LogP contribution in [0.1, 0.15) is 117 Å². The van der Waals surface area contributed by atoms with Crippen LogP contribution in [0.4, 0.5) is 4.79 Å². The maximum absolute atomic E-state index is 11.4. The van der Waals surface area contributed by atoms with Crippen LogP contribution in [0.15, 0.2) is 0 Å². The van der Waals surface area contributed by atoms with E-state index < -0.39 is 12.2 Å². The monoisotopic (exact) mass is 428 g/mol. The Balaban J connectivity index is 3.37. The molecule has 1 unspecified atom stereocenters. The third kappa shape index (κ3) is 20.5. The Morgan fingerprint density at radius 3 is 1.63 bits per heavy atom. The van der Waals surface area contributed by atoms with Crippen LogP contribution < -0.4 is 5.32 Å². The Bertz CT molecular complexity index is 366. The van der Waals surface area contributed by atoms with Crippen molar-refractivity contribution in [3.05, 3.63) is 0 Å². The first-order valence-electron chi connectivity index (χ1n) is 12.9. The number of aliphatic hydroxyl groups is 1. The van der Waals surface area contributed by atoms with Gasteiger partial charge in [-0.3, -0.25) is 0 Å². The molecule has 0 bridgehead atoms. The van der Waals surface area contributed by atoms with E-state index in [1.807, 2.05) is 14.0 Å². The van der Waals surface area contributed by atoms with E-state index in [0.717, 1.165) is 13.0 Å². The number of unbranched alkanes of at least 4 members (excludes halogenated alkanes) is 15. The van der Waals surface area contributed by atoms with Gasteiger partial charge in [0.05, 0.1) is 6.61 Å². The lowest BCUT2D eigenvalue weighted by Crippen LogP contribution is -2.38. The third-order valence-corrected chi connectivity index (χ3v) is 5.71. The number of carbonyl (C=O) groups is 1. The quantitative estimate of drug-likeness (QED) is 0.199. The van der Waals surface area contributed by atoms with E-state index in [9.17, 15) is 9.90 Å². The molecule has 0 heterocycles. The van der Waals surface area contributed by atoms with Crippen molar-refractivity contribution in [2.45, 2.75) is 123 Å². The first kappa shape index (κ1) is 29.2. The van der Waals surface area contributed by atoms with Gasteiger partial charge in [0.2, 0.25) is 0 Å². The van der Waals surface area contributed by atoms with Gasteiger partial charge in [-0.05, 0) is 26.9 Å². The van der Waals surface area contributed by atoms with Crippen molar-refractivity contribution in [3.63, 3.8) is 0 Å². The van der Waals surface area contributed by atoms with E-state index in [0.29, 0.717) is 13.1 Å². The lowest BCUT2D eigenvalue weighted by atomic mass is 10.0. The summed E-state index contributed by atoms with van der Waals surface area (Å²) in [5.74, 6) is 0. The lowest BCUT2D eigenvalue weighted by Gasteiger charge is -2.22. The summed E-state index contributed by atoms with van der Waals surface area (Å²) in [4.78, 5) is 13.6. The highest BCUT2D eigenvalue weighted by molar-refractivity contribution is 5.67. The van der Waals surface area contributed by atoms with Gasteiger partial charge >= 0.3 is 6.09 Å². The van der Waals surface area contributed by atoms with Crippen LogP contribution in [0.2, 0.25) is 0 Å². The van der Waals surface area contributed by atoms with E-state index in [4.69, 9.17) is 4.74 Å². The molecule has 5 nitrogen and oxygen atoms in total. The van der Waals surface area contributed by atoms with Crippen LogP contribution >= 0.6 is 0 Å². The predicted octanol–water partition coefficient (Wildman–Crippen LogP) is 6.29. The van der Waals surface area contributed by atoms with Gasteiger partial charge in [-0.2, -0.15) is 0 Å². The standard InChI is InChI=1S/C25H52N2O3/c1-4-6-7-8-9-10-11-12-13-14-15-16-17-18-19-20-21-27(3)22-24(23-28)30-25(29)26-5-2/h24,28H,4-23H2,1-3H3,(H,26,29). The molecular formula is C25H52N2O3. The molecule has 0 aliphatic rings. The van der Waals surface area contributed by atoms with Crippen molar-refractivity contribution in [1.29, 1.82) is 0 Å². The second kappa shape index (κ2) is 22.9. The molecule has 0 radical (unpaired) electrons. The number of hydrogen-bond donors (Lipinski definition) is 2. The maximum atomic E-state index is 11.4. The van der Waals surface area contributed by atoms with E-state index in [-0.39, 0.29) is 6.61 Å². The minimum atomic E-state index is -0.456. The van der Waals surface area contributed by atoms with Crippen LogP contribution in [-0.4, -0.2) is 55.5 Å². The summed E-state index contributed by atoms with van der Waals surface area (Å²) < 4.78 is 5.20. The summed E-state index contributed by atoms with van der Waals surface area (Å²) >= 11 is 0. The number of carbonyl (C=O) groups excluding carboxylic acids is 1. The van der Waals surface area contributed by atoms with Crippen molar-refractivity contribution >= 4 is 6.09 Å². The van der Waals surface area contributed by atoms with Crippen molar-refractivity contribution in [1.82, 2.24) is 10.2 Å².